The summed E-state index contributed by atoms with van der Waals surface area (Å²) >= 11 is 11.5. The van der Waals surface area contributed by atoms with E-state index in [1.807, 2.05) is 25.1 Å². The average molecular weight is 297 g/mol. The quantitative estimate of drug-likeness (QED) is 0.785. The fraction of sp³-hybridized carbons (Fsp3) is 0.533. The molecule has 0 radical (unpaired) electrons. The Morgan fingerprint density at radius 2 is 2.05 bits per heavy atom. The molecule has 0 unspecified atom stereocenters. The summed E-state index contributed by atoms with van der Waals surface area (Å²) in [6.45, 7) is 4.29. The van der Waals surface area contributed by atoms with E-state index in [4.69, 9.17) is 23.8 Å². The Labute approximate surface area is 125 Å². The lowest BCUT2D eigenvalue weighted by Gasteiger charge is -2.30. The normalized spacial score (nSPS) is 22.9. The van der Waals surface area contributed by atoms with E-state index < -0.39 is 0 Å². The van der Waals surface area contributed by atoms with Crippen molar-refractivity contribution in [2.45, 2.75) is 45.6 Å². The second kappa shape index (κ2) is 6.58. The molecule has 0 spiro atoms. The largest absolute Gasteiger partial charge is 0.359 e. The van der Waals surface area contributed by atoms with Crippen LogP contribution in [0.3, 0.4) is 0 Å². The van der Waals surface area contributed by atoms with Gasteiger partial charge in [-0.05, 0) is 55.6 Å². The summed E-state index contributed by atoms with van der Waals surface area (Å²) in [6, 6.07) is 6.40. The fourth-order valence-electron chi connectivity index (χ4n) is 2.54. The van der Waals surface area contributed by atoms with Gasteiger partial charge >= 0.3 is 0 Å². The zero-order valence-electron chi connectivity index (χ0n) is 11.5. The lowest BCUT2D eigenvalue weighted by atomic mass is 9.86. The molecule has 2 rings (SSSR count). The molecule has 2 atom stereocenters. The third-order valence-corrected chi connectivity index (χ3v) is 4.48. The van der Waals surface area contributed by atoms with Crippen molar-refractivity contribution in [3.8, 4) is 0 Å². The minimum absolute atomic E-state index is 0.495. The Bertz CT molecular complexity index is 461. The summed E-state index contributed by atoms with van der Waals surface area (Å²) in [6.07, 6.45) is 5.13. The van der Waals surface area contributed by atoms with Gasteiger partial charge in [0, 0.05) is 16.8 Å². The van der Waals surface area contributed by atoms with Gasteiger partial charge in [0.1, 0.15) is 0 Å². The molecule has 1 aromatic carbocycles. The number of benzene rings is 1. The van der Waals surface area contributed by atoms with Crippen LogP contribution >= 0.6 is 23.8 Å². The highest BCUT2D eigenvalue weighted by molar-refractivity contribution is 7.80. The molecule has 0 saturated heterocycles. The van der Waals surface area contributed by atoms with Gasteiger partial charge in [0.15, 0.2) is 5.11 Å². The third-order valence-electron chi connectivity index (χ3n) is 3.86. The van der Waals surface area contributed by atoms with Gasteiger partial charge in [-0.25, -0.2) is 0 Å². The van der Waals surface area contributed by atoms with Gasteiger partial charge in [-0.3, -0.25) is 0 Å². The predicted octanol–water partition coefficient (Wildman–Crippen LogP) is 4.51. The number of aryl methyl sites for hydroxylation is 1. The third kappa shape index (κ3) is 4.08. The van der Waals surface area contributed by atoms with Gasteiger partial charge in [-0.15, -0.1) is 0 Å². The van der Waals surface area contributed by atoms with Crippen LogP contribution in [0.15, 0.2) is 18.2 Å². The first-order valence-electron chi connectivity index (χ1n) is 6.90. The van der Waals surface area contributed by atoms with Crippen molar-refractivity contribution in [1.29, 1.82) is 0 Å². The van der Waals surface area contributed by atoms with Gasteiger partial charge in [0.25, 0.3) is 0 Å². The zero-order chi connectivity index (χ0) is 13.8. The molecule has 0 amide bonds. The summed E-state index contributed by atoms with van der Waals surface area (Å²) in [5, 5.41) is 8.10. The topological polar surface area (TPSA) is 24.1 Å². The molecule has 0 heterocycles. The van der Waals surface area contributed by atoms with E-state index in [-0.39, 0.29) is 0 Å². The molecule has 4 heteroatoms. The number of rotatable bonds is 2. The molecule has 2 N–H and O–H groups in total. The first-order valence-corrected chi connectivity index (χ1v) is 7.68. The molecule has 1 aliphatic carbocycles. The van der Waals surface area contributed by atoms with E-state index in [1.165, 1.54) is 25.7 Å². The molecular weight excluding hydrogens is 276 g/mol. The van der Waals surface area contributed by atoms with Gasteiger partial charge in [-0.2, -0.15) is 0 Å². The van der Waals surface area contributed by atoms with Crippen molar-refractivity contribution in [3.05, 3.63) is 28.8 Å². The van der Waals surface area contributed by atoms with E-state index in [0.717, 1.165) is 16.3 Å². The molecule has 0 bridgehead atoms. The summed E-state index contributed by atoms with van der Waals surface area (Å²) in [5.74, 6) is 0.690. The van der Waals surface area contributed by atoms with Crippen LogP contribution in [0.1, 0.15) is 38.2 Å². The molecular formula is C15H21ClN2S. The first kappa shape index (κ1) is 14.6. The number of thiocarbonyl (C=S) groups is 1. The fourth-order valence-corrected chi connectivity index (χ4v) is 2.99. The number of hydrogen-bond acceptors (Lipinski definition) is 1. The van der Waals surface area contributed by atoms with E-state index in [9.17, 15) is 0 Å². The van der Waals surface area contributed by atoms with Crippen molar-refractivity contribution < 1.29 is 0 Å². The second-order valence-electron chi connectivity index (χ2n) is 5.43. The summed E-state index contributed by atoms with van der Waals surface area (Å²) in [7, 11) is 0. The molecule has 19 heavy (non-hydrogen) atoms. The van der Waals surface area contributed by atoms with Gasteiger partial charge in [0.05, 0.1) is 0 Å². The maximum Gasteiger partial charge on any atom is 0.171 e. The first-order chi connectivity index (χ1) is 9.06. The van der Waals surface area contributed by atoms with Gasteiger partial charge in [0.2, 0.25) is 0 Å². The highest BCUT2D eigenvalue weighted by atomic mass is 35.5. The molecule has 0 aromatic heterocycles. The van der Waals surface area contributed by atoms with Crippen LogP contribution in [-0.2, 0) is 0 Å². The van der Waals surface area contributed by atoms with E-state index in [0.29, 0.717) is 17.1 Å². The molecule has 1 fully saturated rings. The predicted molar refractivity (Wildman–Crippen MR) is 87.0 cm³/mol. The minimum Gasteiger partial charge on any atom is -0.359 e. The van der Waals surface area contributed by atoms with E-state index in [2.05, 4.69) is 17.6 Å². The van der Waals surface area contributed by atoms with Crippen LogP contribution in [0, 0.1) is 12.8 Å². The molecule has 2 nitrogen and oxygen atoms in total. The van der Waals surface area contributed by atoms with Crippen LogP contribution in [0.5, 0.6) is 0 Å². The average Bonchev–Trinajstić information content (AvgIpc) is 2.37. The number of anilines is 1. The zero-order valence-corrected chi connectivity index (χ0v) is 13.1. The van der Waals surface area contributed by atoms with Crippen molar-refractivity contribution in [3.63, 3.8) is 0 Å². The van der Waals surface area contributed by atoms with E-state index >= 15 is 0 Å². The Morgan fingerprint density at radius 1 is 1.32 bits per heavy atom. The van der Waals surface area contributed by atoms with Crippen molar-refractivity contribution in [2.75, 3.05) is 5.32 Å². The lowest BCUT2D eigenvalue weighted by molar-refractivity contribution is 0.309. The van der Waals surface area contributed by atoms with Gasteiger partial charge in [-0.1, -0.05) is 37.4 Å². The smallest absolute Gasteiger partial charge is 0.171 e. The minimum atomic E-state index is 0.495. The summed E-state index contributed by atoms with van der Waals surface area (Å²) in [4.78, 5) is 0. The summed E-state index contributed by atoms with van der Waals surface area (Å²) < 4.78 is 0. The van der Waals surface area contributed by atoms with Crippen molar-refractivity contribution in [2.24, 2.45) is 5.92 Å². The van der Waals surface area contributed by atoms with Crippen LogP contribution in [0.2, 0.25) is 5.02 Å². The highest BCUT2D eigenvalue weighted by Crippen LogP contribution is 2.24. The Hall–Kier alpha value is -0.800. The maximum atomic E-state index is 6.11. The Balaban J connectivity index is 1.91. The Morgan fingerprint density at radius 3 is 2.74 bits per heavy atom. The molecule has 104 valence electrons. The lowest BCUT2D eigenvalue weighted by Crippen LogP contribution is -2.43. The van der Waals surface area contributed by atoms with Crippen molar-refractivity contribution in [1.82, 2.24) is 5.32 Å². The molecule has 1 saturated carbocycles. The molecule has 1 aromatic rings. The van der Waals surface area contributed by atoms with Crippen LogP contribution in [0.25, 0.3) is 0 Å². The monoisotopic (exact) mass is 296 g/mol. The van der Waals surface area contributed by atoms with Crippen LogP contribution < -0.4 is 10.6 Å². The second-order valence-corrected chi connectivity index (χ2v) is 6.25. The number of nitrogens with one attached hydrogen (secondary N) is 2. The number of halogens is 1. The SMILES string of the molecule is Cc1ccc(NC(=S)N[C@@H]2CCCC[C@@H]2C)cc1Cl. The maximum absolute atomic E-state index is 6.11. The standard InChI is InChI=1S/C15H21ClN2S/c1-10-7-8-12(9-13(10)16)17-15(19)18-14-6-4-3-5-11(14)2/h7-9,11,14H,3-6H2,1-2H3,(H2,17,18,19)/t11-,14+/m0/s1. The van der Waals surface area contributed by atoms with E-state index in [1.54, 1.807) is 0 Å². The van der Waals surface area contributed by atoms with Crippen LogP contribution in [-0.4, -0.2) is 11.2 Å². The highest BCUT2D eigenvalue weighted by Gasteiger charge is 2.21. The van der Waals surface area contributed by atoms with Crippen molar-refractivity contribution >= 4 is 34.6 Å². The molecule has 0 aliphatic heterocycles. The van der Waals surface area contributed by atoms with Crippen LogP contribution in [0.4, 0.5) is 5.69 Å². The number of hydrogen-bond donors (Lipinski definition) is 2. The molecule has 1 aliphatic rings. The Kier molecular flexibility index (Phi) is 5.06. The summed E-state index contributed by atoms with van der Waals surface area (Å²) in [5.41, 5.74) is 2.02. The van der Waals surface area contributed by atoms with Gasteiger partial charge < -0.3 is 10.6 Å².